The summed E-state index contributed by atoms with van der Waals surface area (Å²) in [6.07, 6.45) is 3.65. The molecule has 0 atom stereocenters. The van der Waals surface area contributed by atoms with Crippen LogP contribution < -0.4 is 5.48 Å². The van der Waals surface area contributed by atoms with Crippen LogP contribution in [0.15, 0.2) is 0 Å². The summed E-state index contributed by atoms with van der Waals surface area (Å²) in [5.74, 6) is 0. The lowest BCUT2D eigenvalue weighted by Gasteiger charge is -2.25. The van der Waals surface area contributed by atoms with E-state index in [4.69, 9.17) is 9.57 Å². The van der Waals surface area contributed by atoms with E-state index in [-0.39, 0.29) is 6.10 Å². The van der Waals surface area contributed by atoms with E-state index in [1.807, 2.05) is 0 Å². The fourth-order valence-electron chi connectivity index (χ4n) is 1.50. The van der Waals surface area contributed by atoms with Crippen LogP contribution in [0, 0.1) is 0 Å². The molecule has 13 heavy (non-hydrogen) atoms. The molecule has 0 aliphatic heterocycles. The quantitative estimate of drug-likeness (QED) is 0.487. The van der Waals surface area contributed by atoms with E-state index in [9.17, 15) is 5.11 Å². The van der Waals surface area contributed by atoms with Crippen molar-refractivity contribution in [3.8, 4) is 0 Å². The maximum Gasteiger partial charge on any atom is 0.0915 e. The summed E-state index contributed by atoms with van der Waals surface area (Å²) in [6.45, 7) is 1.19. The lowest BCUT2D eigenvalue weighted by molar-refractivity contribution is -0.0261. The van der Waals surface area contributed by atoms with Crippen molar-refractivity contribution in [1.82, 2.24) is 5.48 Å². The van der Waals surface area contributed by atoms with Crippen LogP contribution in [-0.2, 0) is 9.57 Å². The van der Waals surface area contributed by atoms with Crippen LogP contribution in [0.3, 0.4) is 0 Å². The van der Waals surface area contributed by atoms with Gasteiger partial charge in [0.2, 0.25) is 0 Å². The number of hydrogen-bond acceptors (Lipinski definition) is 4. The number of aliphatic hydroxyl groups excluding tert-OH is 1. The van der Waals surface area contributed by atoms with Crippen molar-refractivity contribution < 1.29 is 14.7 Å². The Morgan fingerprint density at radius 2 is 1.92 bits per heavy atom. The summed E-state index contributed by atoms with van der Waals surface area (Å²) < 4.78 is 4.84. The molecule has 78 valence electrons. The molecule has 0 aromatic rings. The molecule has 1 aliphatic carbocycles. The molecule has 0 spiro atoms. The van der Waals surface area contributed by atoms with E-state index in [0.29, 0.717) is 19.3 Å². The van der Waals surface area contributed by atoms with E-state index >= 15 is 0 Å². The molecule has 0 aromatic carbocycles. The van der Waals surface area contributed by atoms with E-state index in [2.05, 4.69) is 5.48 Å². The topological polar surface area (TPSA) is 50.7 Å². The molecule has 4 nitrogen and oxygen atoms in total. The first kappa shape index (κ1) is 10.9. The van der Waals surface area contributed by atoms with Gasteiger partial charge >= 0.3 is 0 Å². The minimum Gasteiger partial charge on any atom is -0.393 e. The number of methoxy groups -OCH3 is 1. The first-order valence-corrected chi connectivity index (χ1v) is 4.87. The molecule has 0 saturated heterocycles. The van der Waals surface area contributed by atoms with Crippen LogP contribution in [-0.4, -0.2) is 37.6 Å². The van der Waals surface area contributed by atoms with Crippen LogP contribution >= 0.6 is 0 Å². The van der Waals surface area contributed by atoms with Gasteiger partial charge in [0.25, 0.3) is 0 Å². The zero-order valence-electron chi connectivity index (χ0n) is 8.16. The van der Waals surface area contributed by atoms with Gasteiger partial charge in [0.15, 0.2) is 0 Å². The molecule has 2 N–H and O–H groups in total. The van der Waals surface area contributed by atoms with Gasteiger partial charge in [0.05, 0.1) is 19.3 Å². The second-order valence-electron chi connectivity index (χ2n) is 3.46. The van der Waals surface area contributed by atoms with Crippen molar-refractivity contribution in [3.05, 3.63) is 0 Å². The summed E-state index contributed by atoms with van der Waals surface area (Å²) in [7, 11) is 1.65. The Hall–Kier alpha value is -0.160. The fourth-order valence-corrected chi connectivity index (χ4v) is 1.50. The molecule has 0 heterocycles. The van der Waals surface area contributed by atoms with Gasteiger partial charge in [-0.1, -0.05) is 0 Å². The molecular formula is C9H19NO3. The Kier molecular flexibility index (Phi) is 5.31. The average molecular weight is 189 g/mol. The molecule has 0 aromatic heterocycles. The van der Waals surface area contributed by atoms with E-state index < -0.39 is 0 Å². The van der Waals surface area contributed by atoms with Gasteiger partial charge in [0, 0.05) is 13.2 Å². The molecule has 1 fully saturated rings. The van der Waals surface area contributed by atoms with Crippen molar-refractivity contribution in [2.45, 2.75) is 37.8 Å². The Balaban J connectivity index is 1.96. The zero-order chi connectivity index (χ0) is 9.52. The van der Waals surface area contributed by atoms with Crippen LogP contribution in [0.1, 0.15) is 25.7 Å². The highest BCUT2D eigenvalue weighted by atomic mass is 16.7. The predicted octanol–water partition coefficient (Wildman–Crippen LogP) is 0.457. The standard InChI is InChI=1S/C9H19NO3/c1-12-6-7-13-10-8-2-4-9(11)5-3-8/h8-11H,2-7H2,1H3. The van der Waals surface area contributed by atoms with Gasteiger partial charge in [0.1, 0.15) is 0 Å². The lowest BCUT2D eigenvalue weighted by Crippen LogP contribution is -2.35. The molecule has 0 radical (unpaired) electrons. The molecule has 1 saturated carbocycles. The molecule has 0 unspecified atom stereocenters. The van der Waals surface area contributed by atoms with Gasteiger partial charge < -0.3 is 9.84 Å². The van der Waals surface area contributed by atoms with Gasteiger partial charge in [-0.05, 0) is 25.7 Å². The van der Waals surface area contributed by atoms with Crippen LogP contribution in [0.4, 0.5) is 0 Å². The maximum absolute atomic E-state index is 9.25. The molecular weight excluding hydrogens is 170 g/mol. The third kappa shape index (κ3) is 4.57. The largest absolute Gasteiger partial charge is 0.393 e. The van der Waals surface area contributed by atoms with Crippen LogP contribution in [0.5, 0.6) is 0 Å². The maximum atomic E-state index is 9.25. The Bertz CT molecular complexity index is 124. The molecule has 1 rings (SSSR count). The van der Waals surface area contributed by atoms with Crippen LogP contribution in [0.25, 0.3) is 0 Å². The molecule has 0 bridgehead atoms. The van der Waals surface area contributed by atoms with Crippen LogP contribution in [0.2, 0.25) is 0 Å². The van der Waals surface area contributed by atoms with E-state index in [0.717, 1.165) is 25.7 Å². The third-order valence-corrected chi connectivity index (χ3v) is 2.34. The second kappa shape index (κ2) is 6.32. The fraction of sp³-hybridized carbons (Fsp3) is 1.00. The van der Waals surface area contributed by atoms with Crippen molar-refractivity contribution in [2.75, 3.05) is 20.3 Å². The van der Waals surface area contributed by atoms with E-state index in [1.54, 1.807) is 7.11 Å². The first-order valence-electron chi connectivity index (χ1n) is 4.87. The number of hydrogen-bond donors (Lipinski definition) is 2. The Morgan fingerprint density at radius 3 is 2.54 bits per heavy atom. The smallest absolute Gasteiger partial charge is 0.0915 e. The Morgan fingerprint density at radius 1 is 1.23 bits per heavy atom. The van der Waals surface area contributed by atoms with Gasteiger partial charge in [-0.15, -0.1) is 0 Å². The lowest BCUT2D eigenvalue weighted by atomic mass is 9.94. The molecule has 4 heteroatoms. The SMILES string of the molecule is COCCONC1CCC(O)CC1. The summed E-state index contributed by atoms with van der Waals surface area (Å²) in [6, 6.07) is 0.403. The normalized spacial score (nSPS) is 29.1. The Labute approximate surface area is 79.2 Å². The average Bonchev–Trinajstić information content (AvgIpc) is 2.15. The first-order chi connectivity index (χ1) is 6.33. The van der Waals surface area contributed by atoms with Gasteiger partial charge in [-0.25, -0.2) is 0 Å². The summed E-state index contributed by atoms with van der Waals surface area (Å²) in [5, 5.41) is 9.25. The monoisotopic (exact) mass is 189 g/mol. The summed E-state index contributed by atoms with van der Waals surface area (Å²) in [5.41, 5.74) is 2.99. The highest BCUT2D eigenvalue weighted by molar-refractivity contribution is 4.73. The number of nitrogens with one attached hydrogen (secondary N) is 1. The molecule has 0 amide bonds. The van der Waals surface area contributed by atoms with Crippen molar-refractivity contribution in [1.29, 1.82) is 0 Å². The molecule has 1 aliphatic rings. The highest BCUT2D eigenvalue weighted by Gasteiger charge is 2.18. The minimum absolute atomic E-state index is 0.1000. The number of hydroxylamine groups is 1. The number of aliphatic hydroxyl groups is 1. The number of ether oxygens (including phenoxy) is 1. The zero-order valence-corrected chi connectivity index (χ0v) is 8.16. The summed E-state index contributed by atoms with van der Waals surface area (Å²) >= 11 is 0. The third-order valence-electron chi connectivity index (χ3n) is 2.34. The highest BCUT2D eigenvalue weighted by Crippen LogP contribution is 2.17. The predicted molar refractivity (Wildman–Crippen MR) is 49.2 cm³/mol. The van der Waals surface area contributed by atoms with Crippen molar-refractivity contribution in [2.24, 2.45) is 0 Å². The minimum atomic E-state index is -0.1000. The van der Waals surface area contributed by atoms with Crippen molar-refractivity contribution in [3.63, 3.8) is 0 Å². The van der Waals surface area contributed by atoms with E-state index in [1.165, 1.54) is 0 Å². The van der Waals surface area contributed by atoms with Gasteiger partial charge in [-0.3, -0.25) is 4.84 Å². The summed E-state index contributed by atoms with van der Waals surface area (Å²) in [4.78, 5) is 5.19. The van der Waals surface area contributed by atoms with Gasteiger partial charge in [-0.2, -0.15) is 5.48 Å². The second-order valence-corrected chi connectivity index (χ2v) is 3.46. The van der Waals surface area contributed by atoms with Crippen molar-refractivity contribution >= 4 is 0 Å². The number of rotatable bonds is 5.